The van der Waals surface area contributed by atoms with E-state index >= 15 is 0 Å². The summed E-state index contributed by atoms with van der Waals surface area (Å²) in [7, 11) is 0. The second-order valence-corrected chi connectivity index (χ2v) is 3.93. The van der Waals surface area contributed by atoms with Crippen LogP contribution < -0.4 is 5.73 Å². The molecule has 0 aromatic heterocycles. The first-order valence-electron chi connectivity index (χ1n) is 5.50. The number of carbonyl (C=O) groups excluding carboxylic acids is 1. The molecule has 0 aliphatic heterocycles. The number of hydrogen-bond acceptors (Lipinski definition) is 2. The van der Waals surface area contributed by atoms with E-state index in [-0.39, 0.29) is 5.92 Å². The summed E-state index contributed by atoms with van der Waals surface area (Å²) in [5, 5.41) is 0. The highest BCUT2D eigenvalue weighted by Crippen LogP contribution is 2.09. The Bertz CT molecular complexity index is 295. The van der Waals surface area contributed by atoms with Gasteiger partial charge in [0, 0.05) is 12.3 Å². The topological polar surface area (TPSA) is 43.1 Å². The lowest BCUT2D eigenvalue weighted by Crippen LogP contribution is -2.15. The monoisotopic (exact) mass is 205 g/mol. The van der Waals surface area contributed by atoms with E-state index in [1.807, 2.05) is 25.1 Å². The minimum atomic E-state index is 0.110. The van der Waals surface area contributed by atoms with E-state index in [1.165, 1.54) is 5.56 Å². The standard InChI is InChI=1S/C13H19NO/c1-11(9-10-14)13(15)8-7-12-5-3-2-4-6-12/h2-6,11H,7-10,14H2,1H3. The van der Waals surface area contributed by atoms with E-state index in [9.17, 15) is 4.79 Å². The minimum absolute atomic E-state index is 0.110. The van der Waals surface area contributed by atoms with Crippen LogP contribution >= 0.6 is 0 Å². The molecule has 0 aliphatic rings. The maximum atomic E-state index is 11.7. The fourth-order valence-electron chi connectivity index (χ4n) is 1.57. The zero-order valence-corrected chi connectivity index (χ0v) is 9.28. The molecule has 15 heavy (non-hydrogen) atoms. The summed E-state index contributed by atoms with van der Waals surface area (Å²) >= 11 is 0. The molecule has 0 bridgehead atoms. The summed E-state index contributed by atoms with van der Waals surface area (Å²) in [6, 6.07) is 10.1. The van der Waals surface area contributed by atoms with Crippen LogP contribution in [0.2, 0.25) is 0 Å². The van der Waals surface area contributed by atoms with Crippen LogP contribution in [-0.4, -0.2) is 12.3 Å². The van der Waals surface area contributed by atoms with Gasteiger partial charge in [0.15, 0.2) is 0 Å². The second-order valence-electron chi connectivity index (χ2n) is 3.93. The van der Waals surface area contributed by atoms with Crippen molar-refractivity contribution in [2.24, 2.45) is 11.7 Å². The van der Waals surface area contributed by atoms with Crippen LogP contribution in [0.4, 0.5) is 0 Å². The number of nitrogens with two attached hydrogens (primary N) is 1. The first-order valence-corrected chi connectivity index (χ1v) is 5.50. The molecular formula is C13H19NO. The molecule has 0 amide bonds. The van der Waals surface area contributed by atoms with E-state index in [2.05, 4.69) is 12.1 Å². The highest BCUT2D eigenvalue weighted by molar-refractivity contribution is 5.80. The Hall–Kier alpha value is -1.15. The van der Waals surface area contributed by atoms with Crippen LogP contribution in [0.3, 0.4) is 0 Å². The molecule has 2 heteroatoms. The fraction of sp³-hybridized carbons (Fsp3) is 0.462. The molecule has 2 nitrogen and oxygen atoms in total. The van der Waals surface area contributed by atoms with Gasteiger partial charge in [-0.3, -0.25) is 4.79 Å². The van der Waals surface area contributed by atoms with Crippen molar-refractivity contribution in [1.29, 1.82) is 0 Å². The third-order valence-electron chi connectivity index (χ3n) is 2.65. The zero-order chi connectivity index (χ0) is 11.1. The molecule has 0 aliphatic carbocycles. The lowest BCUT2D eigenvalue weighted by atomic mass is 9.97. The van der Waals surface area contributed by atoms with Crippen molar-refractivity contribution in [1.82, 2.24) is 0 Å². The molecule has 1 aromatic carbocycles. The number of carbonyl (C=O) groups is 1. The lowest BCUT2D eigenvalue weighted by Gasteiger charge is -2.08. The normalized spacial score (nSPS) is 12.4. The Labute approximate surface area is 91.5 Å². The molecule has 0 fully saturated rings. The summed E-state index contributed by atoms with van der Waals surface area (Å²) in [6.45, 7) is 2.55. The van der Waals surface area contributed by atoms with Crippen LogP contribution in [0.25, 0.3) is 0 Å². The molecular weight excluding hydrogens is 186 g/mol. The molecule has 0 saturated carbocycles. The maximum absolute atomic E-state index is 11.7. The first-order chi connectivity index (χ1) is 7.24. The van der Waals surface area contributed by atoms with Crippen molar-refractivity contribution in [2.45, 2.75) is 26.2 Å². The van der Waals surface area contributed by atoms with Gasteiger partial charge in [-0.15, -0.1) is 0 Å². The summed E-state index contributed by atoms with van der Waals surface area (Å²) in [5.74, 6) is 0.433. The number of ketones is 1. The Morgan fingerprint density at radius 3 is 2.60 bits per heavy atom. The maximum Gasteiger partial charge on any atom is 0.136 e. The van der Waals surface area contributed by atoms with Gasteiger partial charge in [-0.25, -0.2) is 0 Å². The average Bonchev–Trinajstić information content (AvgIpc) is 2.27. The van der Waals surface area contributed by atoms with Crippen LogP contribution in [0.1, 0.15) is 25.3 Å². The van der Waals surface area contributed by atoms with Gasteiger partial charge in [-0.1, -0.05) is 37.3 Å². The van der Waals surface area contributed by atoms with Crippen LogP contribution in [0.15, 0.2) is 30.3 Å². The van der Waals surface area contributed by atoms with Gasteiger partial charge in [0.25, 0.3) is 0 Å². The summed E-state index contributed by atoms with van der Waals surface area (Å²) < 4.78 is 0. The molecule has 0 heterocycles. The molecule has 82 valence electrons. The summed E-state index contributed by atoms with van der Waals surface area (Å²) in [4.78, 5) is 11.7. The number of aryl methyl sites for hydroxylation is 1. The Kier molecular flexibility index (Phi) is 5.05. The minimum Gasteiger partial charge on any atom is -0.330 e. The molecule has 1 unspecified atom stereocenters. The highest BCUT2D eigenvalue weighted by Gasteiger charge is 2.11. The highest BCUT2D eigenvalue weighted by atomic mass is 16.1. The van der Waals surface area contributed by atoms with Crippen molar-refractivity contribution in [3.63, 3.8) is 0 Å². The van der Waals surface area contributed by atoms with Crippen LogP contribution in [0.5, 0.6) is 0 Å². The smallest absolute Gasteiger partial charge is 0.136 e. The van der Waals surface area contributed by atoms with Gasteiger partial charge < -0.3 is 5.73 Å². The summed E-state index contributed by atoms with van der Waals surface area (Å²) in [6.07, 6.45) is 2.27. The van der Waals surface area contributed by atoms with Gasteiger partial charge in [0.05, 0.1) is 0 Å². The van der Waals surface area contributed by atoms with Crippen LogP contribution in [-0.2, 0) is 11.2 Å². The molecule has 0 spiro atoms. The van der Waals surface area contributed by atoms with E-state index in [0.29, 0.717) is 18.7 Å². The van der Waals surface area contributed by atoms with Gasteiger partial charge in [-0.2, -0.15) is 0 Å². The quantitative estimate of drug-likeness (QED) is 0.773. The van der Waals surface area contributed by atoms with Crippen molar-refractivity contribution in [2.75, 3.05) is 6.54 Å². The third kappa shape index (κ3) is 4.26. The lowest BCUT2D eigenvalue weighted by molar-refractivity contribution is -0.122. The predicted octanol–water partition coefficient (Wildman–Crippen LogP) is 2.17. The second kappa shape index (κ2) is 6.36. The average molecular weight is 205 g/mol. The van der Waals surface area contributed by atoms with Crippen molar-refractivity contribution in [3.8, 4) is 0 Å². The fourth-order valence-corrected chi connectivity index (χ4v) is 1.57. The van der Waals surface area contributed by atoms with Crippen molar-refractivity contribution >= 4 is 5.78 Å². The van der Waals surface area contributed by atoms with Crippen molar-refractivity contribution in [3.05, 3.63) is 35.9 Å². The predicted molar refractivity (Wildman–Crippen MR) is 62.6 cm³/mol. The van der Waals surface area contributed by atoms with E-state index in [0.717, 1.165) is 12.8 Å². The molecule has 0 radical (unpaired) electrons. The summed E-state index contributed by atoms with van der Waals surface area (Å²) in [5.41, 5.74) is 6.65. The SMILES string of the molecule is CC(CCN)C(=O)CCc1ccccc1. The van der Waals surface area contributed by atoms with E-state index < -0.39 is 0 Å². The van der Waals surface area contributed by atoms with Gasteiger partial charge >= 0.3 is 0 Å². The first kappa shape index (κ1) is 11.9. The van der Waals surface area contributed by atoms with Gasteiger partial charge in [-0.05, 0) is 24.9 Å². The van der Waals surface area contributed by atoms with Gasteiger partial charge in [0.1, 0.15) is 5.78 Å². The largest absolute Gasteiger partial charge is 0.330 e. The molecule has 1 aromatic rings. The van der Waals surface area contributed by atoms with Crippen molar-refractivity contribution < 1.29 is 4.79 Å². The van der Waals surface area contributed by atoms with E-state index in [1.54, 1.807) is 0 Å². The van der Waals surface area contributed by atoms with Crippen LogP contribution in [0, 0.1) is 5.92 Å². The zero-order valence-electron chi connectivity index (χ0n) is 9.28. The molecule has 2 N–H and O–H groups in total. The molecule has 0 saturated heterocycles. The van der Waals surface area contributed by atoms with Gasteiger partial charge in [0.2, 0.25) is 0 Å². The third-order valence-corrected chi connectivity index (χ3v) is 2.65. The Morgan fingerprint density at radius 1 is 1.33 bits per heavy atom. The molecule has 1 atom stereocenters. The van der Waals surface area contributed by atoms with E-state index in [4.69, 9.17) is 5.73 Å². The Balaban J connectivity index is 2.34. The molecule has 1 rings (SSSR count). The number of Topliss-reactive ketones (excluding diaryl/α,β-unsaturated/α-hetero) is 1. The Morgan fingerprint density at radius 2 is 2.00 bits per heavy atom. The number of rotatable bonds is 6. The number of hydrogen-bond donors (Lipinski definition) is 1. The number of benzene rings is 1.